The van der Waals surface area contributed by atoms with Gasteiger partial charge < -0.3 is 14.6 Å². The van der Waals surface area contributed by atoms with E-state index < -0.39 is 0 Å². The van der Waals surface area contributed by atoms with Crippen molar-refractivity contribution < 1.29 is 13.7 Å². The lowest BCUT2D eigenvalue weighted by atomic mass is 10.1. The van der Waals surface area contributed by atoms with Crippen molar-refractivity contribution in [3.8, 4) is 11.4 Å². The van der Waals surface area contributed by atoms with Gasteiger partial charge in [0.05, 0.1) is 19.1 Å². The van der Waals surface area contributed by atoms with Crippen molar-refractivity contribution >= 4 is 0 Å². The molecule has 106 valence electrons. The quantitative estimate of drug-likeness (QED) is 0.925. The number of nitrogens with zero attached hydrogens (tertiary/aromatic N) is 2. The molecule has 0 aliphatic carbocycles. The van der Waals surface area contributed by atoms with E-state index in [1.54, 1.807) is 0 Å². The normalized spacial score (nSPS) is 19.2. The lowest BCUT2D eigenvalue weighted by Crippen LogP contribution is -2.39. The summed E-state index contributed by atoms with van der Waals surface area (Å²) in [5, 5.41) is 7.15. The number of nitrogens with one attached hydrogen (secondary N) is 1. The molecule has 2 aromatic rings. The number of rotatable bonds is 3. The Labute approximate surface area is 116 Å². The second-order valence-corrected chi connectivity index (χ2v) is 4.93. The number of aromatic nitrogens is 2. The number of benzene rings is 1. The Morgan fingerprint density at radius 2 is 2.30 bits per heavy atom. The third-order valence-corrected chi connectivity index (χ3v) is 3.18. The molecule has 6 heteroatoms. The molecule has 1 aliphatic rings. The molecule has 1 aliphatic heterocycles. The van der Waals surface area contributed by atoms with Crippen LogP contribution in [0.15, 0.2) is 22.7 Å². The van der Waals surface area contributed by atoms with Gasteiger partial charge in [0.2, 0.25) is 11.7 Å². The van der Waals surface area contributed by atoms with Gasteiger partial charge in [-0.1, -0.05) is 5.16 Å². The zero-order chi connectivity index (χ0) is 13.9. The summed E-state index contributed by atoms with van der Waals surface area (Å²) < 4.78 is 24.2. The minimum atomic E-state index is -0.300. The van der Waals surface area contributed by atoms with Gasteiger partial charge in [-0.25, -0.2) is 4.39 Å². The number of aryl methyl sites for hydroxylation is 1. The molecule has 1 aromatic carbocycles. The van der Waals surface area contributed by atoms with Crippen LogP contribution >= 0.6 is 0 Å². The Morgan fingerprint density at radius 1 is 1.40 bits per heavy atom. The average molecular weight is 277 g/mol. The predicted octanol–water partition coefficient (Wildman–Crippen LogP) is 1.72. The van der Waals surface area contributed by atoms with Crippen molar-refractivity contribution in [2.75, 3.05) is 19.7 Å². The first-order valence-corrected chi connectivity index (χ1v) is 6.63. The van der Waals surface area contributed by atoms with Crippen LogP contribution in [0.25, 0.3) is 11.4 Å². The Kier molecular flexibility index (Phi) is 3.75. The van der Waals surface area contributed by atoms with Crippen molar-refractivity contribution in [3.05, 3.63) is 35.5 Å². The van der Waals surface area contributed by atoms with Crippen molar-refractivity contribution in [3.63, 3.8) is 0 Å². The first-order chi connectivity index (χ1) is 9.70. The maximum absolute atomic E-state index is 13.4. The second kappa shape index (κ2) is 5.68. The fourth-order valence-electron chi connectivity index (χ4n) is 2.27. The molecule has 5 nitrogen and oxygen atoms in total. The van der Waals surface area contributed by atoms with Crippen LogP contribution in [-0.4, -0.2) is 35.9 Å². The van der Waals surface area contributed by atoms with E-state index in [0.717, 1.165) is 18.7 Å². The zero-order valence-electron chi connectivity index (χ0n) is 11.2. The highest BCUT2D eigenvalue weighted by Gasteiger charge is 2.18. The Morgan fingerprint density at radius 3 is 3.05 bits per heavy atom. The van der Waals surface area contributed by atoms with E-state index in [4.69, 9.17) is 9.26 Å². The monoisotopic (exact) mass is 277 g/mol. The highest BCUT2D eigenvalue weighted by Crippen LogP contribution is 2.19. The van der Waals surface area contributed by atoms with E-state index in [-0.39, 0.29) is 11.9 Å². The largest absolute Gasteiger partial charge is 0.375 e. The van der Waals surface area contributed by atoms with E-state index in [1.807, 2.05) is 13.0 Å². The van der Waals surface area contributed by atoms with E-state index in [0.29, 0.717) is 30.3 Å². The lowest BCUT2D eigenvalue weighted by Gasteiger charge is -2.21. The zero-order valence-corrected chi connectivity index (χ0v) is 11.2. The van der Waals surface area contributed by atoms with Crippen LogP contribution in [0.1, 0.15) is 11.5 Å². The summed E-state index contributed by atoms with van der Waals surface area (Å²) in [6.45, 7) is 4.16. The first kappa shape index (κ1) is 13.2. The highest BCUT2D eigenvalue weighted by atomic mass is 19.1. The molecule has 2 heterocycles. The van der Waals surface area contributed by atoms with Crippen LogP contribution in [0, 0.1) is 12.7 Å². The van der Waals surface area contributed by atoms with Gasteiger partial charge in [0, 0.05) is 18.7 Å². The number of hydrogen-bond acceptors (Lipinski definition) is 5. The third-order valence-electron chi connectivity index (χ3n) is 3.18. The van der Waals surface area contributed by atoms with Crippen molar-refractivity contribution in [1.82, 2.24) is 15.5 Å². The molecular formula is C14H16FN3O2. The molecule has 0 saturated carbocycles. The summed E-state index contributed by atoms with van der Waals surface area (Å²) in [5.41, 5.74) is 1.45. The summed E-state index contributed by atoms with van der Waals surface area (Å²) >= 11 is 0. The smallest absolute Gasteiger partial charge is 0.229 e. The molecule has 0 radical (unpaired) electrons. The molecule has 1 fully saturated rings. The van der Waals surface area contributed by atoms with Crippen molar-refractivity contribution in [2.45, 2.75) is 19.4 Å². The van der Waals surface area contributed by atoms with Crippen LogP contribution < -0.4 is 5.32 Å². The van der Waals surface area contributed by atoms with Gasteiger partial charge in [0.1, 0.15) is 5.82 Å². The Hall–Kier alpha value is -1.79. The van der Waals surface area contributed by atoms with Gasteiger partial charge in [0.15, 0.2) is 0 Å². The standard InChI is InChI=1S/C14H16FN3O2/c1-9-4-10(6-11(15)5-9)14-17-13(20-18-14)7-12-8-16-2-3-19-12/h4-6,12,16H,2-3,7-8H2,1H3. The molecule has 1 N–H and O–H groups in total. The molecule has 1 atom stereocenters. The van der Waals surface area contributed by atoms with E-state index in [9.17, 15) is 4.39 Å². The van der Waals surface area contributed by atoms with Gasteiger partial charge in [-0.3, -0.25) is 0 Å². The predicted molar refractivity (Wildman–Crippen MR) is 70.7 cm³/mol. The van der Waals surface area contributed by atoms with E-state index >= 15 is 0 Å². The second-order valence-electron chi connectivity index (χ2n) is 4.93. The van der Waals surface area contributed by atoms with E-state index in [2.05, 4.69) is 15.5 Å². The molecule has 1 aromatic heterocycles. The van der Waals surface area contributed by atoms with Gasteiger partial charge in [-0.15, -0.1) is 0 Å². The van der Waals surface area contributed by atoms with Gasteiger partial charge in [0.25, 0.3) is 0 Å². The summed E-state index contributed by atoms with van der Waals surface area (Å²) in [4.78, 5) is 4.30. The van der Waals surface area contributed by atoms with Gasteiger partial charge >= 0.3 is 0 Å². The number of halogens is 1. The van der Waals surface area contributed by atoms with Crippen LogP contribution in [0.5, 0.6) is 0 Å². The van der Waals surface area contributed by atoms with Crippen LogP contribution in [-0.2, 0) is 11.2 Å². The third kappa shape index (κ3) is 3.02. The maximum Gasteiger partial charge on any atom is 0.229 e. The minimum Gasteiger partial charge on any atom is -0.375 e. The summed E-state index contributed by atoms with van der Waals surface area (Å²) in [6, 6.07) is 4.70. The SMILES string of the molecule is Cc1cc(F)cc(-c2noc(CC3CNCCO3)n2)c1. The summed E-state index contributed by atoms with van der Waals surface area (Å²) in [5.74, 6) is 0.619. The van der Waals surface area contributed by atoms with Gasteiger partial charge in [-0.2, -0.15) is 4.98 Å². The Balaban J connectivity index is 1.75. The molecular weight excluding hydrogens is 261 g/mol. The van der Waals surface area contributed by atoms with Crippen LogP contribution in [0.4, 0.5) is 4.39 Å². The topological polar surface area (TPSA) is 60.2 Å². The lowest BCUT2D eigenvalue weighted by molar-refractivity contribution is 0.0246. The Bertz CT molecular complexity index is 574. The van der Waals surface area contributed by atoms with Crippen molar-refractivity contribution in [1.29, 1.82) is 0 Å². The van der Waals surface area contributed by atoms with Gasteiger partial charge in [-0.05, 0) is 30.7 Å². The maximum atomic E-state index is 13.4. The fraction of sp³-hybridized carbons (Fsp3) is 0.429. The molecule has 1 unspecified atom stereocenters. The number of ether oxygens (including phenoxy) is 1. The molecule has 1 saturated heterocycles. The number of hydrogen-bond donors (Lipinski definition) is 1. The van der Waals surface area contributed by atoms with E-state index in [1.165, 1.54) is 12.1 Å². The van der Waals surface area contributed by atoms with Crippen LogP contribution in [0.3, 0.4) is 0 Å². The molecule has 0 spiro atoms. The average Bonchev–Trinajstić information content (AvgIpc) is 2.87. The molecule has 3 rings (SSSR count). The minimum absolute atomic E-state index is 0.0475. The summed E-state index contributed by atoms with van der Waals surface area (Å²) in [6.07, 6.45) is 0.611. The molecule has 0 amide bonds. The summed E-state index contributed by atoms with van der Waals surface area (Å²) in [7, 11) is 0. The first-order valence-electron chi connectivity index (χ1n) is 6.63. The molecule has 0 bridgehead atoms. The van der Waals surface area contributed by atoms with Crippen molar-refractivity contribution in [2.24, 2.45) is 0 Å². The fourth-order valence-corrected chi connectivity index (χ4v) is 2.27. The highest BCUT2D eigenvalue weighted by molar-refractivity contribution is 5.55. The van der Waals surface area contributed by atoms with Crippen LogP contribution in [0.2, 0.25) is 0 Å². The molecule has 20 heavy (non-hydrogen) atoms. The number of morpholine rings is 1.